The summed E-state index contributed by atoms with van der Waals surface area (Å²) in [5, 5.41) is 3.92. The fourth-order valence-electron chi connectivity index (χ4n) is 4.51. The van der Waals surface area contributed by atoms with Crippen LogP contribution in [0.3, 0.4) is 0 Å². The second-order valence-electron chi connectivity index (χ2n) is 8.49. The molecule has 0 aliphatic carbocycles. The number of ether oxygens (including phenoxy) is 3. The summed E-state index contributed by atoms with van der Waals surface area (Å²) < 4.78 is 16.4. The normalized spacial score (nSPS) is 12.7. The number of benzene rings is 3. The van der Waals surface area contributed by atoms with E-state index >= 15 is 0 Å². The Kier molecular flexibility index (Phi) is 6.58. The van der Waals surface area contributed by atoms with Gasteiger partial charge in [-0.1, -0.05) is 6.07 Å². The molecule has 1 amide bonds. The standard InChI is InChI=1S/C28H28N4O4/c1-4-36-22-9-6-19(7-10-22)28(33)31-21-8-5-18-11-12-32(16-20(18)13-21)27-23-14-25(34-2)26(35-3)15-24(23)29-17-30-27/h5-10,13-15,17H,4,11-12,16H2,1-3H3,(H,31,33). The van der Waals surface area contributed by atoms with Crippen LogP contribution in [0.25, 0.3) is 10.9 Å². The third-order valence-electron chi connectivity index (χ3n) is 6.32. The van der Waals surface area contributed by atoms with E-state index in [4.69, 9.17) is 14.2 Å². The zero-order valence-electron chi connectivity index (χ0n) is 20.6. The van der Waals surface area contributed by atoms with Gasteiger partial charge in [-0.2, -0.15) is 0 Å². The molecule has 184 valence electrons. The third-order valence-corrected chi connectivity index (χ3v) is 6.32. The number of rotatable bonds is 7. The van der Waals surface area contributed by atoms with Gasteiger partial charge in [-0.15, -0.1) is 0 Å². The summed E-state index contributed by atoms with van der Waals surface area (Å²) in [4.78, 5) is 24.1. The average Bonchev–Trinajstić information content (AvgIpc) is 2.92. The van der Waals surface area contributed by atoms with Crippen LogP contribution in [0.1, 0.15) is 28.4 Å². The van der Waals surface area contributed by atoms with Gasteiger partial charge >= 0.3 is 0 Å². The summed E-state index contributed by atoms with van der Waals surface area (Å²) >= 11 is 0. The molecule has 0 bridgehead atoms. The molecule has 0 unspecified atom stereocenters. The van der Waals surface area contributed by atoms with Gasteiger partial charge in [0.25, 0.3) is 5.91 Å². The van der Waals surface area contributed by atoms with Crippen molar-refractivity contribution in [2.24, 2.45) is 0 Å². The van der Waals surface area contributed by atoms with E-state index in [-0.39, 0.29) is 5.91 Å². The van der Waals surface area contributed by atoms with Gasteiger partial charge in [0, 0.05) is 35.8 Å². The number of anilines is 2. The van der Waals surface area contributed by atoms with Crippen molar-refractivity contribution in [3.63, 3.8) is 0 Å². The molecule has 0 radical (unpaired) electrons. The molecule has 0 saturated carbocycles. The van der Waals surface area contributed by atoms with Crippen molar-refractivity contribution in [1.29, 1.82) is 0 Å². The van der Waals surface area contributed by atoms with E-state index in [9.17, 15) is 4.79 Å². The maximum absolute atomic E-state index is 12.8. The van der Waals surface area contributed by atoms with Crippen molar-refractivity contribution in [2.45, 2.75) is 19.9 Å². The number of amides is 1. The highest BCUT2D eigenvalue weighted by molar-refractivity contribution is 6.04. The Balaban J connectivity index is 1.38. The quantitative estimate of drug-likeness (QED) is 0.401. The van der Waals surface area contributed by atoms with E-state index in [0.717, 1.165) is 46.7 Å². The van der Waals surface area contributed by atoms with Crippen LogP contribution in [0.4, 0.5) is 11.5 Å². The molecule has 1 aliphatic heterocycles. The summed E-state index contributed by atoms with van der Waals surface area (Å²) in [6, 6.07) is 17.0. The number of nitrogens with one attached hydrogen (secondary N) is 1. The van der Waals surface area contributed by atoms with Gasteiger partial charge in [0.1, 0.15) is 17.9 Å². The fourth-order valence-corrected chi connectivity index (χ4v) is 4.51. The molecule has 3 aromatic carbocycles. The number of nitrogens with zero attached hydrogens (tertiary/aromatic N) is 3. The van der Waals surface area contributed by atoms with Crippen molar-refractivity contribution < 1.29 is 19.0 Å². The van der Waals surface area contributed by atoms with Crippen LogP contribution in [0.5, 0.6) is 17.2 Å². The largest absolute Gasteiger partial charge is 0.494 e. The van der Waals surface area contributed by atoms with Crippen LogP contribution in [-0.2, 0) is 13.0 Å². The Morgan fingerprint density at radius 1 is 0.972 bits per heavy atom. The first-order chi connectivity index (χ1) is 17.6. The van der Waals surface area contributed by atoms with Crippen molar-refractivity contribution in [3.05, 3.63) is 77.6 Å². The predicted octanol–water partition coefficient (Wildman–Crippen LogP) is 4.86. The van der Waals surface area contributed by atoms with Gasteiger partial charge in [0.05, 0.1) is 26.3 Å². The first-order valence-corrected chi connectivity index (χ1v) is 11.9. The number of methoxy groups -OCH3 is 2. The van der Waals surface area contributed by atoms with E-state index in [1.54, 1.807) is 44.8 Å². The van der Waals surface area contributed by atoms with Crippen LogP contribution in [0, 0.1) is 0 Å². The van der Waals surface area contributed by atoms with Crippen molar-refractivity contribution >= 4 is 28.3 Å². The SMILES string of the molecule is CCOc1ccc(C(=O)Nc2ccc3c(c2)CN(c2ncnc4cc(OC)c(OC)cc24)CC3)cc1. The van der Waals surface area contributed by atoms with E-state index < -0.39 is 0 Å². The van der Waals surface area contributed by atoms with Crippen LogP contribution in [-0.4, -0.2) is 43.2 Å². The molecule has 0 saturated heterocycles. The van der Waals surface area contributed by atoms with Gasteiger partial charge in [-0.3, -0.25) is 4.79 Å². The first kappa shape index (κ1) is 23.4. The highest BCUT2D eigenvalue weighted by Gasteiger charge is 2.21. The molecular weight excluding hydrogens is 456 g/mol. The monoisotopic (exact) mass is 484 g/mol. The maximum atomic E-state index is 12.8. The lowest BCUT2D eigenvalue weighted by molar-refractivity contribution is 0.102. The number of carbonyl (C=O) groups excluding carboxylic acids is 1. The molecule has 1 N–H and O–H groups in total. The summed E-state index contributed by atoms with van der Waals surface area (Å²) in [5.74, 6) is 2.70. The second kappa shape index (κ2) is 10.1. The van der Waals surface area contributed by atoms with E-state index in [0.29, 0.717) is 30.2 Å². The molecule has 2 heterocycles. The molecule has 5 rings (SSSR count). The topological polar surface area (TPSA) is 85.8 Å². The number of hydrogen-bond donors (Lipinski definition) is 1. The van der Waals surface area contributed by atoms with Gasteiger partial charge in [0.2, 0.25) is 0 Å². The number of fused-ring (bicyclic) bond motifs is 2. The van der Waals surface area contributed by atoms with Gasteiger partial charge in [-0.05, 0) is 66.9 Å². The van der Waals surface area contributed by atoms with Crippen molar-refractivity contribution in [2.75, 3.05) is 37.6 Å². The van der Waals surface area contributed by atoms with Crippen molar-refractivity contribution in [1.82, 2.24) is 9.97 Å². The molecule has 0 fully saturated rings. The summed E-state index contributed by atoms with van der Waals surface area (Å²) in [6.07, 6.45) is 2.45. The first-order valence-electron chi connectivity index (χ1n) is 11.9. The second-order valence-corrected chi connectivity index (χ2v) is 8.49. The Bertz CT molecular complexity index is 1410. The van der Waals surface area contributed by atoms with Crippen LogP contribution >= 0.6 is 0 Å². The Labute approximate surface area is 209 Å². The Morgan fingerprint density at radius 2 is 1.75 bits per heavy atom. The molecule has 8 nitrogen and oxygen atoms in total. The predicted molar refractivity (Wildman–Crippen MR) is 139 cm³/mol. The summed E-state index contributed by atoms with van der Waals surface area (Å²) in [5.41, 5.74) is 4.55. The molecule has 0 atom stereocenters. The van der Waals surface area contributed by atoms with Gasteiger partial charge in [-0.25, -0.2) is 9.97 Å². The van der Waals surface area contributed by atoms with Gasteiger partial charge in [0.15, 0.2) is 11.5 Å². The number of hydrogen-bond acceptors (Lipinski definition) is 7. The highest BCUT2D eigenvalue weighted by atomic mass is 16.5. The molecule has 0 spiro atoms. The molecule has 36 heavy (non-hydrogen) atoms. The van der Waals surface area contributed by atoms with Crippen molar-refractivity contribution in [3.8, 4) is 17.2 Å². The minimum atomic E-state index is -0.159. The van der Waals surface area contributed by atoms with Crippen LogP contribution in [0.2, 0.25) is 0 Å². The smallest absolute Gasteiger partial charge is 0.255 e. The van der Waals surface area contributed by atoms with Gasteiger partial charge < -0.3 is 24.4 Å². The van der Waals surface area contributed by atoms with E-state index in [1.807, 2.05) is 31.2 Å². The fraction of sp³-hybridized carbons (Fsp3) is 0.250. The zero-order chi connectivity index (χ0) is 25.1. The maximum Gasteiger partial charge on any atom is 0.255 e. The lowest BCUT2D eigenvalue weighted by Gasteiger charge is -2.31. The van der Waals surface area contributed by atoms with E-state index in [2.05, 4.69) is 26.3 Å². The molecule has 4 aromatic rings. The van der Waals surface area contributed by atoms with Crippen LogP contribution < -0.4 is 24.4 Å². The number of aromatic nitrogens is 2. The molecule has 1 aromatic heterocycles. The van der Waals surface area contributed by atoms with E-state index in [1.165, 1.54) is 5.56 Å². The Hall–Kier alpha value is -4.33. The lowest BCUT2D eigenvalue weighted by Crippen LogP contribution is -2.31. The average molecular weight is 485 g/mol. The third kappa shape index (κ3) is 4.62. The zero-order valence-corrected chi connectivity index (χ0v) is 20.6. The molecule has 8 heteroatoms. The summed E-state index contributed by atoms with van der Waals surface area (Å²) in [7, 11) is 3.23. The number of carbonyl (C=O) groups is 1. The minimum absolute atomic E-state index is 0.159. The van der Waals surface area contributed by atoms with Crippen LogP contribution in [0.15, 0.2) is 60.9 Å². The highest BCUT2D eigenvalue weighted by Crippen LogP contribution is 2.36. The summed E-state index contributed by atoms with van der Waals surface area (Å²) in [6.45, 7) is 4.01. The molecular formula is C28H28N4O4. The molecule has 1 aliphatic rings. The minimum Gasteiger partial charge on any atom is -0.494 e. The lowest BCUT2D eigenvalue weighted by atomic mass is 9.98. The Morgan fingerprint density at radius 3 is 2.50 bits per heavy atom.